The van der Waals surface area contributed by atoms with E-state index in [2.05, 4.69) is 5.32 Å². The van der Waals surface area contributed by atoms with E-state index in [1.54, 1.807) is 18.2 Å². The smallest absolute Gasteiger partial charge is 0.407 e. The molecular weight excluding hydrogens is 354 g/mol. The first-order chi connectivity index (χ1) is 12.9. The zero-order chi connectivity index (χ0) is 19.1. The van der Waals surface area contributed by atoms with Gasteiger partial charge >= 0.3 is 6.09 Å². The van der Waals surface area contributed by atoms with E-state index in [0.29, 0.717) is 37.2 Å². The summed E-state index contributed by atoms with van der Waals surface area (Å²) < 4.78 is 5.87. The van der Waals surface area contributed by atoms with Crippen LogP contribution in [0.2, 0.25) is 0 Å². The lowest BCUT2D eigenvalue weighted by Crippen LogP contribution is -2.52. The fourth-order valence-electron chi connectivity index (χ4n) is 3.81. The number of imide groups is 1. The van der Waals surface area contributed by atoms with Crippen LogP contribution in [0.1, 0.15) is 35.2 Å². The number of rotatable bonds is 3. The summed E-state index contributed by atoms with van der Waals surface area (Å²) in [6.45, 7) is 1.03. The maximum Gasteiger partial charge on any atom is 0.407 e. The number of fused-ring (bicyclic) bond motifs is 1. The Morgan fingerprint density at radius 1 is 1.22 bits per heavy atom. The molecule has 0 spiro atoms. The van der Waals surface area contributed by atoms with Crippen molar-refractivity contribution >= 4 is 23.8 Å². The van der Waals surface area contributed by atoms with Crippen molar-refractivity contribution in [3.05, 3.63) is 29.3 Å². The summed E-state index contributed by atoms with van der Waals surface area (Å²) in [5, 5.41) is 11.3. The molecule has 0 saturated carbocycles. The highest BCUT2D eigenvalue weighted by Crippen LogP contribution is 2.31. The Morgan fingerprint density at radius 3 is 2.74 bits per heavy atom. The molecule has 4 amide bonds. The minimum absolute atomic E-state index is 0.215. The topological polar surface area (TPSA) is 116 Å². The van der Waals surface area contributed by atoms with Gasteiger partial charge in [0, 0.05) is 31.5 Å². The number of benzene rings is 1. The SMILES string of the molecule is O=C1CCC(N2Cc3cc(O[C@@H]4CCN(C(=O)O)C4)ccc3C2=O)C(=O)N1. The van der Waals surface area contributed by atoms with Crippen LogP contribution in [0.15, 0.2) is 18.2 Å². The van der Waals surface area contributed by atoms with Gasteiger partial charge in [-0.05, 0) is 30.2 Å². The molecule has 142 valence electrons. The molecule has 9 heteroatoms. The number of nitrogens with one attached hydrogen (secondary N) is 1. The van der Waals surface area contributed by atoms with Crippen molar-refractivity contribution in [1.82, 2.24) is 15.1 Å². The predicted octanol–water partition coefficient (Wildman–Crippen LogP) is 0.579. The molecule has 3 aliphatic heterocycles. The van der Waals surface area contributed by atoms with E-state index < -0.39 is 18.0 Å². The second-order valence-corrected chi connectivity index (χ2v) is 6.98. The number of piperidine rings is 1. The van der Waals surface area contributed by atoms with Crippen LogP contribution in [-0.2, 0) is 16.1 Å². The van der Waals surface area contributed by atoms with E-state index in [1.807, 2.05) is 0 Å². The van der Waals surface area contributed by atoms with Crippen LogP contribution in [0.3, 0.4) is 0 Å². The van der Waals surface area contributed by atoms with Crippen molar-refractivity contribution < 1.29 is 29.0 Å². The number of amides is 4. The zero-order valence-electron chi connectivity index (χ0n) is 14.5. The number of carbonyl (C=O) groups excluding carboxylic acids is 3. The number of likely N-dealkylation sites (tertiary alicyclic amines) is 1. The average molecular weight is 373 g/mol. The van der Waals surface area contributed by atoms with Crippen LogP contribution < -0.4 is 10.1 Å². The molecule has 0 bridgehead atoms. The number of hydrogen-bond acceptors (Lipinski definition) is 5. The molecule has 0 aliphatic carbocycles. The first-order valence-corrected chi connectivity index (χ1v) is 8.84. The molecule has 9 nitrogen and oxygen atoms in total. The average Bonchev–Trinajstić information content (AvgIpc) is 3.20. The lowest BCUT2D eigenvalue weighted by Gasteiger charge is -2.29. The molecule has 2 atom stereocenters. The van der Waals surface area contributed by atoms with Gasteiger partial charge in [-0.1, -0.05) is 0 Å². The number of carboxylic acid groups (broad SMARTS) is 1. The second-order valence-electron chi connectivity index (χ2n) is 6.98. The van der Waals surface area contributed by atoms with Gasteiger partial charge in [0.1, 0.15) is 17.9 Å². The summed E-state index contributed by atoms with van der Waals surface area (Å²) in [5.41, 5.74) is 1.28. The van der Waals surface area contributed by atoms with E-state index in [-0.39, 0.29) is 30.9 Å². The van der Waals surface area contributed by atoms with Gasteiger partial charge in [0.05, 0.1) is 6.54 Å². The largest absolute Gasteiger partial charge is 0.489 e. The van der Waals surface area contributed by atoms with Crippen LogP contribution in [0.25, 0.3) is 0 Å². The molecule has 2 N–H and O–H groups in total. The molecule has 0 aromatic heterocycles. The van der Waals surface area contributed by atoms with Crippen molar-refractivity contribution in [3.63, 3.8) is 0 Å². The Morgan fingerprint density at radius 2 is 2.04 bits per heavy atom. The third-order valence-corrected chi connectivity index (χ3v) is 5.21. The van der Waals surface area contributed by atoms with E-state index in [9.17, 15) is 19.2 Å². The van der Waals surface area contributed by atoms with Crippen LogP contribution >= 0.6 is 0 Å². The van der Waals surface area contributed by atoms with Crippen LogP contribution in [0.5, 0.6) is 5.75 Å². The molecule has 27 heavy (non-hydrogen) atoms. The van der Waals surface area contributed by atoms with Crippen molar-refractivity contribution in [3.8, 4) is 5.75 Å². The normalized spacial score (nSPS) is 24.8. The molecule has 1 unspecified atom stereocenters. The summed E-state index contributed by atoms with van der Waals surface area (Å²) >= 11 is 0. The number of hydrogen-bond donors (Lipinski definition) is 2. The maximum absolute atomic E-state index is 12.6. The fraction of sp³-hybridized carbons (Fsp3) is 0.444. The summed E-state index contributed by atoms with van der Waals surface area (Å²) in [6.07, 6.45) is -0.0267. The summed E-state index contributed by atoms with van der Waals surface area (Å²) in [7, 11) is 0. The quantitative estimate of drug-likeness (QED) is 0.749. The van der Waals surface area contributed by atoms with Gasteiger partial charge in [-0.2, -0.15) is 0 Å². The molecule has 4 rings (SSSR count). The summed E-state index contributed by atoms with van der Waals surface area (Å²) in [5.74, 6) is -0.417. The van der Waals surface area contributed by atoms with Crippen molar-refractivity contribution in [2.45, 2.75) is 38.0 Å². The Bertz CT molecular complexity index is 838. The lowest BCUT2D eigenvalue weighted by molar-refractivity contribution is -0.136. The summed E-state index contributed by atoms with van der Waals surface area (Å²) in [6, 6.07) is 4.48. The molecule has 3 heterocycles. The van der Waals surface area contributed by atoms with Gasteiger partial charge in [0.15, 0.2) is 0 Å². The Labute approximate surface area is 154 Å². The first kappa shape index (κ1) is 17.3. The van der Waals surface area contributed by atoms with Gasteiger partial charge in [-0.3, -0.25) is 19.7 Å². The van der Waals surface area contributed by atoms with Crippen molar-refractivity contribution in [1.29, 1.82) is 0 Å². The minimum atomic E-state index is -0.958. The van der Waals surface area contributed by atoms with Gasteiger partial charge in [-0.25, -0.2) is 4.79 Å². The van der Waals surface area contributed by atoms with Crippen LogP contribution in [0, 0.1) is 0 Å². The summed E-state index contributed by atoms with van der Waals surface area (Å²) in [4.78, 5) is 49.8. The molecule has 2 saturated heterocycles. The monoisotopic (exact) mass is 373 g/mol. The highest BCUT2D eigenvalue weighted by atomic mass is 16.5. The number of carbonyl (C=O) groups is 4. The van der Waals surface area contributed by atoms with E-state index >= 15 is 0 Å². The predicted molar refractivity (Wildman–Crippen MR) is 91.1 cm³/mol. The fourth-order valence-corrected chi connectivity index (χ4v) is 3.81. The molecule has 2 fully saturated rings. The molecule has 1 aromatic carbocycles. The van der Waals surface area contributed by atoms with Crippen LogP contribution in [0.4, 0.5) is 4.79 Å². The molecule has 0 radical (unpaired) electrons. The molecular formula is C18H19N3O6. The highest BCUT2D eigenvalue weighted by molar-refractivity contribution is 6.05. The Hall–Kier alpha value is -3.10. The number of ether oxygens (including phenoxy) is 1. The Kier molecular flexibility index (Phi) is 4.21. The second kappa shape index (κ2) is 6.57. The minimum Gasteiger partial charge on any atom is -0.489 e. The van der Waals surface area contributed by atoms with Gasteiger partial charge in [0.2, 0.25) is 11.8 Å². The third-order valence-electron chi connectivity index (χ3n) is 5.21. The molecule has 3 aliphatic rings. The van der Waals surface area contributed by atoms with E-state index in [1.165, 1.54) is 9.80 Å². The first-order valence-electron chi connectivity index (χ1n) is 8.84. The molecule has 1 aromatic rings. The Balaban J connectivity index is 1.46. The number of nitrogens with zero attached hydrogens (tertiary/aromatic N) is 2. The van der Waals surface area contributed by atoms with Crippen LogP contribution in [-0.4, -0.2) is 64.0 Å². The van der Waals surface area contributed by atoms with Gasteiger partial charge in [0.25, 0.3) is 5.91 Å². The van der Waals surface area contributed by atoms with Crippen molar-refractivity contribution in [2.75, 3.05) is 13.1 Å². The lowest BCUT2D eigenvalue weighted by atomic mass is 10.0. The highest BCUT2D eigenvalue weighted by Gasteiger charge is 2.39. The zero-order valence-corrected chi connectivity index (χ0v) is 14.5. The standard InChI is InChI=1S/C18H19N3O6/c22-15-4-3-14(16(23)19-15)21-8-10-7-11(1-2-13(10)17(21)24)27-12-5-6-20(9-12)18(25)26/h1-2,7,12,14H,3-6,8-9H2,(H,25,26)(H,19,22,23)/t12-,14?/m1/s1. The maximum atomic E-state index is 12.6. The third kappa shape index (κ3) is 3.20. The van der Waals surface area contributed by atoms with Gasteiger partial charge < -0.3 is 19.6 Å². The van der Waals surface area contributed by atoms with Crippen molar-refractivity contribution in [2.24, 2.45) is 0 Å². The van der Waals surface area contributed by atoms with Gasteiger partial charge in [-0.15, -0.1) is 0 Å². The van der Waals surface area contributed by atoms with E-state index in [0.717, 1.165) is 5.56 Å². The van der Waals surface area contributed by atoms with E-state index in [4.69, 9.17) is 9.84 Å².